The summed E-state index contributed by atoms with van der Waals surface area (Å²) < 4.78 is 0. The van der Waals surface area contributed by atoms with Crippen LogP contribution in [0.5, 0.6) is 0 Å². The van der Waals surface area contributed by atoms with Crippen molar-refractivity contribution in [3.8, 4) is 0 Å². The van der Waals surface area contributed by atoms with Crippen molar-refractivity contribution in [1.29, 1.82) is 0 Å². The lowest BCUT2D eigenvalue weighted by atomic mass is 10.00. The average molecular weight is 262 g/mol. The molecule has 0 fully saturated rings. The molecule has 0 spiro atoms. The number of aryl methyl sites for hydroxylation is 2. The third-order valence-electron chi connectivity index (χ3n) is 3.85. The summed E-state index contributed by atoms with van der Waals surface area (Å²) in [5, 5.41) is 3.71. The first-order valence-electron chi connectivity index (χ1n) is 7.53. The van der Waals surface area contributed by atoms with Gasteiger partial charge < -0.3 is 10.2 Å². The Kier molecular flexibility index (Phi) is 6.53. The van der Waals surface area contributed by atoms with Crippen LogP contribution in [0.15, 0.2) is 18.2 Å². The Morgan fingerprint density at radius 3 is 2.26 bits per heavy atom. The maximum absolute atomic E-state index is 3.71. The van der Waals surface area contributed by atoms with Crippen molar-refractivity contribution < 1.29 is 0 Å². The number of nitrogens with zero attached hydrogens (tertiary/aromatic N) is 1. The van der Waals surface area contributed by atoms with Crippen molar-refractivity contribution in [3.63, 3.8) is 0 Å². The minimum atomic E-state index is 0.408. The Bertz CT molecular complexity index is 383. The van der Waals surface area contributed by atoms with Crippen molar-refractivity contribution in [2.24, 2.45) is 0 Å². The summed E-state index contributed by atoms with van der Waals surface area (Å²) in [6.45, 7) is 16.7. The van der Waals surface area contributed by atoms with Gasteiger partial charge in [0.25, 0.3) is 0 Å². The normalized spacial score (nSPS) is 14.7. The molecule has 0 saturated carbocycles. The van der Waals surface area contributed by atoms with Gasteiger partial charge in [-0.1, -0.05) is 37.6 Å². The predicted octanol–water partition coefficient (Wildman–Crippen LogP) is 3.68. The molecule has 0 aliphatic carbocycles. The van der Waals surface area contributed by atoms with Crippen molar-refractivity contribution in [2.45, 2.75) is 53.6 Å². The molecule has 0 aromatic heterocycles. The Morgan fingerprint density at radius 2 is 1.74 bits per heavy atom. The Labute approximate surface area is 119 Å². The molecule has 19 heavy (non-hydrogen) atoms. The zero-order chi connectivity index (χ0) is 14.4. The molecular weight excluding hydrogens is 232 g/mol. The summed E-state index contributed by atoms with van der Waals surface area (Å²) >= 11 is 0. The van der Waals surface area contributed by atoms with E-state index in [1.807, 2.05) is 0 Å². The van der Waals surface area contributed by atoms with Gasteiger partial charge in [-0.15, -0.1) is 0 Å². The Morgan fingerprint density at radius 1 is 1.11 bits per heavy atom. The minimum absolute atomic E-state index is 0.408. The van der Waals surface area contributed by atoms with Gasteiger partial charge in [0, 0.05) is 18.6 Å². The van der Waals surface area contributed by atoms with Crippen LogP contribution in [0.1, 0.15) is 50.4 Å². The summed E-state index contributed by atoms with van der Waals surface area (Å²) in [6.07, 6.45) is 0. The summed E-state index contributed by atoms with van der Waals surface area (Å²) in [5.74, 6) is 0. The fourth-order valence-corrected chi connectivity index (χ4v) is 2.75. The summed E-state index contributed by atoms with van der Waals surface area (Å²) in [7, 11) is 0. The van der Waals surface area contributed by atoms with E-state index in [1.54, 1.807) is 0 Å². The molecule has 2 atom stereocenters. The molecule has 2 heteroatoms. The van der Waals surface area contributed by atoms with E-state index in [4.69, 9.17) is 0 Å². The van der Waals surface area contributed by atoms with E-state index in [0.29, 0.717) is 12.1 Å². The molecule has 0 bridgehead atoms. The highest BCUT2D eigenvalue weighted by Gasteiger charge is 2.13. The lowest BCUT2D eigenvalue weighted by Gasteiger charge is -2.27. The van der Waals surface area contributed by atoms with Gasteiger partial charge in [0.05, 0.1) is 0 Å². The van der Waals surface area contributed by atoms with Crippen LogP contribution in [-0.2, 0) is 0 Å². The molecule has 1 N–H and O–H groups in total. The summed E-state index contributed by atoms with van der Waals surface area (Å²) in [5.41, 5.74) is 4.14. The molecule has 0 aliphatic heterocycles. The second kappa shape index (κ2) is 7.66. The number of hydrogen-bond acceptors (Lipinski definition) is 2. The third-order valence-corrected chi connectivity index (χ3v) is 3.85. The Balaban J connectivity index is 2.61. The first-order valence-corrected chi connectivity index (χ1v) is 7.53. The topological polar surface area (TPSA) is 15.3 Å². The molecule has 0 heterocycles. The third kappa shape index (κ3) is 4.96. The van der Waals surface area contributed by atoms with E-state index in [1.165, 1.54) is 16.7 Å². The maximum atomic E-state index is 3.71. The molecule has 0 radical (unpaired) electrons. The van der Waals surface area contributed by atoms with Crippen LogP contribution < -0.4 is 5.32 Å². The van der Waals surface area contributed by atoms with Gasteiger partial charge in [0.15, 0.2) is 0 Å². The molecule has 2 nitrogen and oxygen atoms in total. The van der Waals surface area contributed by atoms with Crippen molar-refractivity contribution in [3.05, 3.63) is 34.9 Å². The molecule has 0 saturated heterocycles. The van der Waals surface area contributed by atoms with Crippen molar-refractivity contribution in [1.82, 2.24) is 10.2 Å². The van der Waals surface area contributed by atoms with Gasteiger partial charge in [-0.25, -0.2) is 0 Å². The molecule has 108 valence electrons. The fourth-order valence-electron chi connectivity index (χ4n) is 2.75. The predicted molar refractivity (Wildman–Crippen MR) is 84.7 cm³/mol. The van der Waals surface area contributed by atoms with Gasteiger partial charge >= 0.3 is 0 Å². The fraction of sp³-hybridized carbons (Fsp3) is 0.647. The highest BCUT2D eigenvalue weighted by molar-refractivity contribution is 5.32. The Hall–Kier alpha value is -0.860. The lowest BCUT2D eigenvalue weighted by molar-refractivity contribution is 0.264. The van der Waals surface area contributed by atoms with Gasteiger partial charge in [-0.2, -0.15) is 0 Å². The van der Waals surface area contributed by atoms with Crippen LogP contribution in [0, 0.1) is 13.8 Å². The zero-order valence-electron chi connectivity index (χ0n) is 13.5. The lowest BCUT2D eigenvalue weighted by Crippen LogP contribution is -2.40. The highest BCUT2D eigenvalue weighted by Crippen LogP contribution is 2.19. The maximum Gasteiger partial charge on any atom is 0.0297 e. The van der Waals surface area contributed by atoms with Gasteiger partial charge in [0.1, 0.15) is 0 Å². The average Bonchev–Trinajstić information content (AvgIpc) is 2.35. The SMILES string of the molecule is CCN(CC)CC(C)NC(C)c1ccc(C)cc1C. The summed E-state index contributed by atoms with van der Waals surface area (Å²) in [6, 6.07) is 7.65. The van der Waals surface area contributed by atoms with Crippen LogP contribution >= 0.6 is 0 Å². The van der Waals surface area contributed by atoms with Crippen LogP contribution in [0.4, 0.5) is 0 Å². The van der Waals surface area contributed by atoms with E-state index in [0.717, 1.165) is 19.6 Å². The monoisotopic (exact) mass is 262 g/mol. The smallest absolute Gasteiger partial charge is 0.0297 e. The first kappa shape index (κ1) is 16.2. The number of rotatable bonds is 7. The van der Waals surface area contributed by atoms with Crippen LogP contribution in [0.3, 0.4) is 0 Å². The second-order valence-corrected chi connectivity index (χ2v) is 5.64. The number of hydrogen-bond donors (Lipinski definition) is 1. The van der Waals surface area contributed by atoms with Gasteiger partial charge in [0.2, 0.25) is 0 Å². The molecule has 0 amide bonds. The first-order chi connectivity index (χ1) is 8.97. The number of benzene rings is 1. The molecule has 1 rings (SSSR count). The van der Waals surface area contributed by atoms with Gasteiger partial charge in [-0.3, -0.25) is 0 Å². The molecule has 2 unspecified atom stereocenters. The number of likely N-dealkylation sites (N-methyl/N-ethyl adjacent to an activating group) is 1. The highest BCUT2D eigenvalue weighted by atomic mass is 15.1. The van der Waals surface area contributed by atoms with Crippen molar-refractivity contribution in [2.75, 3.05) is 19.6 Å². The van der Waals surface area contributed by atoms with Crippen LogP contribution in [0.2, 0.25) is 0 Å². The quantitative estimate of drug-likeness (QED) is 0.806. The van der Waals surface area contributed by atoms with Crippen molar-refractivity contribution >= 4 is 0 Å². The van der Waals surface area contributed by atoms with Crippen LogP contribution in [0.25, 0.3) is 0 Å². The molecule has 0 aliphatic rings. The standard InChI is InChI=1S/C17H30N2/c1-7-19(8-2)12-15(5)18-16(6)17-10-9-13(3)11-14(17)4/h9-11,15-16,18H,7-8,12H2,1-6H3. The molecule has 1 aromatic rings. The molecular formula is C17H30N2. The number of nitrogens with one attached hydrogen (secondary N) is 1. The van der Waals surface area contributed by atoms with E-state index >= 15 is 0 Å². The second-order valence-electron chi connectivity index (χ2n) is 5.64. The largest absolute Gasteiger partial charge is 0.306 e. The van der Waals surface area contributed by atoms with E-state index < -0.39 is 0 Å². The minimum Gasteiger partial charge on any atom is -0.306 e. The van der Waals surface area contributed by atoms with E-state index in [9.17, 15) is 0 Å². The van der Waals surface area contributed by atoms with Gasteiger partial charge in [-0.05, 0) is 51.9 Å². The summed E-state index contributed by atoms with van der Waals surface area (Å²) in [4.78, 5) is 2.46. The van der Waals surface area contributed by atoms with Crippen LogP contribution in [-0.4, -0.2) is 30.6 Å². The molecule has 1 aromatic carbocycles. The zero-order valence-corrected chi connectivity index (χ0v) is 13.5. The van der Waals surface area contributed by atoms with E-state index in [2.05, 4.69) is 70.0 Å². The van der Waals surface area contributed by atoms with E-state index in [-0.39, 0.29) is 0 Å².